The molecule has 0 saturated carbocycles. The molecule has 0 aliphatic carbocycles. The molecule has 0 heterocycles. The van der Waals surface area contributed by atoms with Crippen LogP contribution < -0.4 is 11.3 Å². The van der Waals surface area contributed by atoms with Crippen molar-refractivity contribution in [2.75, 3.05) is 13.2 Å². The highest BCUT2D eigenvalue weighted by Crippen LogP contribution is 2.54. The minimum absolute atomic E-state index is 0.234. The smallest absolute Gasteiger partial charge is 0.308 e. The van der Waals surface area contributed by atoms with Crippen LogP contribution in [0, 0.1) is 0 Å². The number of nitrogens with two attached hydrogens (primary N) is 1. The fraction of sp³-hybridized carbons (Fsp3) is 0.900. The Labute approximate surface area is 103 Å². The van der Waals surface area contributed by atoms with Crippen LogP contribution in [0.5, 0.6) is 0 Å². The summed E-state index contributed by atoms with van der Waals surface area (Å²) in [5.74, 6) is 4.61. The van der Waals surface area contributed by atoms with Crippen molar-refractivity contribution in [3.8, 4) is 0 Å². The number of hydrazine groups is 1. The van der Waals surface area contributed by atoms with Gasteiger partial charge in [0.1, 0.15) is 5.66 Å². The van der Waals surface area contributed by atoms with Crippen molar-refractivity contribution < 1.29 is 18.4 Å². The third-order valence-corrected chi connectivity index (χ3v) is 4.77. The van der Waals surface area contributed by atoms with E-state index >= 15 is 0 Å². The first-order valence-electron chi connectivity index (χ1n) is 5.94. The number of hydrogen-bond acceptors (Lipinski definition) is 5. The fourth-order valence-corrected chi connectivity index (χ4v) is 3.52. The van der Waals surface area contributed by atoms with Crippen molar-refractivity contribution in [3.63, 3.8) is 0 Å². The van der Waals surface area contributed by atoms with E-state index in [2.05, 4.69) is 0 Å². The highest BCUT2D eigenvalue weighted by molar-refractivity contribution is 7.55. The number of unbranched alkanes of at least 4 members (excludes halogenated alkanes) is 1. The van der Waals surface area contributed by atoms with E-state index in [1.807, 2.05) is 12.3 Å². The van der Waals surface area contributed by atoms with Gasteiger partial charge in [0, 0.05) is 0 Å². The summed E-state index contributed by atoms with van der Waals surface area (Å²) < 4.78 is 22.8. The van der Waals surface area contributed by atoms with Gasteiger partial charge in [-0.1, -0.05) is 19.8 Å². The van der Waals surface area contributed by atoms with Gasteiger partial charge >= 0.3 is 7.60 Å². The monoisotopic (exact) mass is 266 g/mol. The second kappa shape index (κ2) is 8.64. The lowest BCUT2D eigenvalue weighted by molar-refractivity contribution is -0.121. The Morgan fingerprint density at radius 1 is 1.29 bits per heavy atom. The van der Waals surface area contributed by atoms with Crippen LogP contribution in [0.1, 0.15) is 40.0 Å². The van der Waals surface area contributed by atoms with Crippen LogP contribution in [0.3, 0.4) is 0 Å². The van der Waals surface area contributed by atoms with Crippen LogP contribution in [-0.2, 0) is 18.4 Å². The number of rotatable bonds is 9. The molecule has 0 aliphatic heterocycles. The summed E-state index contributed by atoms with van der Waals surface area (Å²) in [5, 5.41) is 0. The summed E-state index contributed by atoms with van der Waals surface area (Å²) in [6.45, 7) is 5.88. The highest BCUT2D eigenvalue weighted by atomic mass is 31.2. The first-order valence-corrected chi connectivity index (χ1v) is 7.56. The van der Waals surface area contributed by atoms with E-state index in [4.69, 9.17) is 14.9 Å². The number of carbonyl (C=O) groups excluding carboxylic acids is 1. The van der Waals surface area contributed by atoms with Crippen molar-refractivity contribution in [2.24, 2.45) is 5.84 Å². The number of amides is 1. The Bertz CT molecular complexity index is 263. The molecule has 0 rings (SSSR count). The molecule has 3 N–H and O–H groups in total. The zero-order valence-electron chi connectivity index (χ0n) is 10.8. The molecule has 0 aliphatic rings. The van der Waals surface area contributed by atoms with Crippen LogP contribution in [0.4, 0.5) is 0 Å². The van der Waals surface area contributed by atoms with Crippen molar-refractivity contribution in [2.45, 2.75) is 45.7 Å². The summed E-state index contributed by atoms with van der Waals surface area (Å²) in [4.78, 5) is 11.6. The summed E-state index contributed by atoms with van der Waals surface area (Å²) in [7, 11) is -3.42. The molecule has 0 aromatic heterocycles. The number of nitrogens with one attached hydrogen (secondary N) is 1. The Balaban J connectivity index is 4.92. The van der Waals surface area contributed by atoms with Crippen molar-refractivity contribution in [1.29, 1.82) is 0 Å². The van der Waals surface area contributed by atoms with Crippen molar-refractivity contribution in [3.05, 3.63) is 0 Å². The van der Waals surface area contributed by atoms with Gasteiger partial charge in [-0.15, -0.1) is 0 Å². The summed E-state index contributed by atoms with van der Waals surface area (Å²) in [6, 6.07) is 0. The van der Waals surface area contributed by atoms with Gasteiger partial charge in [-0.25, -0.2) is 5.84 Å². The molecule has 0 aromatic carbocycles. The molecule has 0 saturated heterocycles. The average molecular weight is 266 g/mol. The second-order valence-corrected chi connectivity index (χ2v) is 5.76. The third kappa shape index (κ3) is 5.17. The summed E-state index contributed by atoms with van der Waals surface area (Å²) >= 11 is 0. The van der Waals surface area contributed by atoms with Gasteiger partial charge in [0.05, 0.1) is 13.2 Å². The summed E-state index contributed by atoms with van der Waals surface area (Å²) in [6.07, 6.45) is 2.10. The third-order valence-electron chi connectivity index (χ3n) is 2.28. The van der Waals surface area contributed by atoms with Crippen LogP contribution in [0.25, 0.3) is 0 Å². The zero-order chi connectivity index (χ0) is 13.3. The van der Waals surface area contributed by atoms with Gasteiger partial charge in [0.25, 0.3) is 0 Å². The fourth-order valence-electron chi connectivity index (χ4n) is 1.50. The van der Waals surface area contributed by atoms with Gasteiger partial charge in [0.2, 0.25) is 5.91 Å². The normalized spacial score (nSPS) is 13.4. The lowest BCUT2D eigenvalue weighted by Gasteiger charge is -2.24. The van der Waals surface area contributed by atoms with E-state index in [-0.39, 0.29) is 13.2 Å². The Kier molecular flexibility index (Phi) is 8.43. The molecular formula is C10H23N2O4P. The molecule has 0 bridgehead atoms. The molecule has 1 unspecified atom stereocenters. The lowest BCUT2D eigenvalue weighted by atomic mass is 10.2. The van der Waals surface area contributed by atoms with E-state index in [0.29, 0.717) is 6.42 Å². The quantitative estimate of drug-likeness (QED) is 0.287. The number of carbonyl (C=O) groups is 1. The molecule has 6 nitrogen and oxygen atoms in total. The molecule has 7 heteroatoms. The van der Waals surface area contributed by atoms with Crippen LogP contribution in [0.15, 0.2) is 0 Å². The molecule has 0 fully saturated rings. The minimum atomic E-state index is -3.42. The van der Waals surface area contributed by atoms with E-state index in [9.17, 15) is 9.36 Å². The van der Waals surface area contributed by atoms with Crippen molar-refractivity contribution in [1.82, 2.24) is 5.43 Å². The minimum Gasteiger partial charge on any atom is -0.308 e. The maximum absolute atomic E-state index is 12.5. The van der Waals surface area contributed by atoms with Gasteiger partial charge in [-0.3, -0.25) is 14.8 Å². The van der Waals surface area contributed by atoms with E-state index < -0.39 is 19.2 Å². The standard InChI is InChI=1S/C10H23N2O4P/c1-4-7-8-9(10(13)12-11)17(14,15-5-2)16-6-3/h9H,4-8,11H2,1-3H3,(H,12,13). The van der Waals surface area contributed by atoms with E-state index in [0.717, 1.165) is 12.8 Å². The first kappa shape index (κ1) is 16.6. The SMILES string of the molecule is CCCCC(C(=O)NN)P(=O)(OCC)OCC. The van der Waals surface area contributed by atoms with Gasteiger partial charge in [-0.05, 0) is 20.3 Å². The molecule has 17 heavy (non-hydrogen) atoms. The topological polar surface area (TPSA) is 90.7 Å². The van der Waals surface area contributed by atoms with E-state index in [1.165, 1.54) is 0 Å². The second-order valence-electron chi connectivity index (χ2n) is 3.54. The van der Waals surface area contributed by atoms with Gasteiger partial charge in [0.15, 0.2) is 0 Å². The first-order chi connectivity index (χ1) is 8.05. The predicted molar refractivity (Wildman–Crippen MR) is 66.5 cm³/mol. The van der Waals surface area contributed by atoms with Gasteiger partial charge in [-0.2, -0.15) is 0 Å². The maximum atomic E-state index is 12.5. The molecule has 102 valence electrons. The average Bonchev–Trinajstić information content (AvgIpc) is 2.29. The molecule has 1 atom stereocenters. The Morgan fingerprint density at radius 2 is 1.82 bits per heavy atom. The zero-order valence-corrected chi connectivity index (χ0v) is 11.7. The lowest BCUT2D eigenvalue weighted by Crippen LogP contribution is -2.39. The Hall–Kier alpha value is -0.420. The number of hydrogen-bond donors (Lipinski definition) is 2. The van der Waals surface area contributed by atoms with Crippen LogP contribution in [-0.4, -0.2) is 24.8 Å². The molecule has 0 spiro atoms. The van der Waals surface area contributed by atoms with E-state index in [1.54, 1.807) is 13.8 Å². The molecule has 0 aromatic rings. The maximum Gasteiger partial charge on any atom is 0.343 e. The van der Waals surface area contributed by atoms with Crippen LogP contribution >= 0.6 is 7.60 Å². The van der Waals surface area contributed by atoms with Crippen LogP contribution in [0.2, 0.25) is 0 Å². The summed E-state index contributed by atoms with van der Waals surface area (Å²) in [5.41, 5.74) is 1.20. The highest BCUT2D eigenvalue weighted by Gasteiger charge is 2.40. The molecular weight excluding hydrogens is 243 g/mol. The molecule has 1 amide bonds. The van der Waals surface area contributed by atoms with Gasteiger partial charge < -0.3 is 9.05 Å². The Morgan fingerprint density at radius 3 is 2.18 bits per heavy atom. The van der Waals surface area contributed by atoms with Crippen molar-refractivity contribution >= 4 is 13.5 Å². The largest absolute Gasteiger partial charge is 0.343 e. The predicted octanol–water partition coefficient (Wildman–Crippen LogP) is 1.80. The molecule has 0 radical (unpaired) electrons.